The minimum absolute atomic E-state index is 0.0482. The van der Waals surface area contributed by atoms with Crippen LogP contribution in [0, 0.1) is 11.8 Å². The normalized spacial score (nSPS) is 44.3. The van der Waals surface area contributed by atoms with E-state index < -0.39 is 29.5 Å². The van der Waals surface area contributed by atoms with Crippen molar-refractivity contribution in [3.05, 3.63) is 12.2 Å². The molecule has 5 heteroatoms. The molecule has 0 aromatic rings. The summed E-state index contributed by atoms with van der Waals surface area (Å²) in [5, 5.41) is 11.3. The Morgan fingerprint density at radius 2 is 2.16 bits per heavy atom. The van der Waals surface area contributed by atoms with Crippen molar-refractivity contribution >= 4 is 11.9 Å². The van der Waals surface area contributed by atoms with Gasteiger partial charge < -0.3 is 19.5 Å². The molecule has 3 fully saturated rings. The van der Waals surface area contributed by atoms with E-state index in [0.29, 0.717) is 6.54 Å². The molecule has 3 aliphatic heterocycles. The van der Waals surface area contributed by atoms with E-state index in [0.717, 1.165) is 25.7 Å². The number of fused-ring (bicyclic) bond motifs is 1. The number of likely N-dealkylation sites (tertiary alicyclic amines) is 1. The van der Waals surface area contributed by atoms with Gasteiger partial charge in [-0.1, -0.05) is 25.0 Å². The lowest BCUT2D eigenvalue weighted by Gasteiger charge is -2.27. The quantitative estimate of drug-likeness (QED) is 0.627. The van der Waals surface area contributed by atoms with Crippen molar-refractivity contribution < 1.29 is 19.4 Å². The van der Waals surface area contributed by atoms with Gasteiger partial charge in [0, 0.05) is 17.9 Å². The van der Waals surface area contributed by atoms with Crippen LogP contribution in [0.25, 0.3) is 0 Å². The van der Waals surface area contributed by atoms with Crippen molar-refractivity contribution in [1.82, 2.24) is 4.90 Å². The van der Waals surface area contributed by atoms with Crippen molar-refractivity contribution in [3.63, 3.8) is 0 Å². The second-order valence-corrected chi connectivity index (χ2v) is 6.12. The molecule has 1 aliphatic carbocycles. The zero-order chi connectivity index (χ0) is 13.2. The molecular formula is C14H16NO4-. The van der Waals surface area contributed by atoms with Gasteiger partial charge in [-0.2, -0.15) is 0 Å². The molecule has 0 radical (unpaired) electrons. The Morgan fingerprint density at radius 3 is 2.84 bits per heavy atom. The van der Waals surface area contributed by atoms with E-state index in [9.17, 15) is 14.7 Å². The third kappa shape index (κ3) is 1.34. The molecule has 0 unspecified atom stereocenters. The van der Waals surface area contributed by atoms with Crippen molar-refractivity contribution in [2.45, 2.75) is 43.4 Å². The van der Waals surface area contributed by atoms with Crippen molar-refractivity contribution in [2.24, 2.45) is 11.8 Å². The molecule has 0 aromatic carbocycles. The van der Waals surface area contributed by atoms with Gasteiger partial charge in [0.2, 0.25) is 5.91 Å². The summed E-state index contributed by atoms with van der Waals surface area (Å²) in [6.07, 6.45) is 7.54. The molecule has 19 heavy (non-hydrogen) atoms. The van der Waals surface area contributed by atoms with E-state index in [4.69, 9.17) is 4.74 Å². The first-order valence-corrected chi connectivity index (χ1v) is 7.01. The summed E-state index contributed by atoms with van der Waals surface area (Å²) in [7, 11) is 0. The summed E-state index contributed by atoms with van der Waals surface area (Å²) in [4.78, 5) is 25.8. The summed E-state index contributed by atoms with van der Waals surface area (Å²) in [5.41, 5.74) is -0.699. The number of hydrogen-bond acceptors (Lipinski definition) is 4. The van der Waals surface area contributed by atoms with Gasteiger partial charge in [0.25, 0.3) is 0 Å². The van der Waals surface area contributed by atoms with Crippen LogP contribution in [0.5, 0.6) is 0 Å². The number of aliphatic carboxylic acids is 1. The van der Waals surface area contributed by atoms with E-state index in [1.54, 1.807) is 6.08 Å². The molecule has 102 valence electrons. The predicted octanol–water partition coefficient (Wildman–Crippen LogP) is -0.539. The van der Waals surface area contributed by atoms with Gasteiger partial charge in [-0.15, -0.1) is 0 Å². The molecule has 1 saturated carbocycles. The second kappa shape index (κ2) is 3.60. The topological polar surface area (TPSA) is 69.7 Å². The first kappa shape index (κ1) is 11.5. The Labute approximate surface area is 111 Å². The van der Waals surface area contributed by atoms with E-state index in [1.807, 2.05) is 11.0 Å². The fraction of sp³-hybridized carbons (Fsp3) is 0.714. The fourth-order valence-electron chi connectivity index (χ4n) is 4.32. The maximum absolute atomic E-state index is 12.6. The van der Waals surface area contributed by atoms with Gasteiger partial charge in [0.15, 0.2) is 0 Å². The SMILES string of the molecule is O=C([O-])[C@@H]1[C@@H]2C=C[C@@]3(CN(C4CCCC4)C(=O)[C@@H]13)O2. The smallest absolute Gasteiger partial charge is 0.230 e. The highest BCUT2D eigenvalue weighted by Gasteiger charge is 2.65. The van der Waals surface area contributed by atoms with Crippen LogP contribution in [0.4, 0.5) is 0 Å². The number of nitrogens with zero attached hydrogens (tertiary/aromatic N) is 1. The van der Waals surface area contributed by atoms with Gasteiger partial charge in [-0.25, -0.2) is 0 Å². The second-order valence-electron chi connectivity index (χ2n) is 6.12. The van der Waals surface area contributed by atoms with Gasteiger partial charge in [0.1, 0.15) is 5.60 Å². The molecule has 0 aromatic heterocycles. The molecule has 0 N–H and O–H groups in total. The van der Waals surface area contributed by atoms with Crippen LogP contribution in [-0.2, 0) is 14.3 Å². The number of carbonyl (C=O) groups excluding carboxylic acids is 2. The molecule has 1 amide bonds. The van der Waals surface area contributed by atoms with Crippen LogP contribution in [-0.4, -0.2) is 41.1 Å². The lowest BCUT2D eigenvalue weighted by Crippen LogP contribution is -2.45. The van der Waals surface area contributed by atoms with Crippen molar-refractivity contribution in [1.29, 1.82) is 0 Å². The lowest BCUT2D eigenvalue weighted by molar-refractivity contribution is -0.313. The van der Waals surface area contributed by atoms with Crippen LogP contribution in [0.1, 0.15) is 25.7 Å². The molecular weight excluding hydrogens is 246 g/mol. The molecule has 3 heterocycles. The highest BCUT2D eigenvalue weighted by molar-refractivity contribution is 5.90. The van der Waals surface area contributed by atoms with Crippen LogP contribution >= 0.6 is 0 Å². The van der Waals surface area contributed by atoms with Gasteiger partial charge in [0.05, 0.1) is 18.6 Å². The number of rotatable bonds is 2. The molecule has 2 saturated heterocycles. The fourth-order valence-corrected chi connectivity index (χ4v) is 4.32. The lowest BCUT2D eigenvalue weighted by atomic mass is 9.77. The molecule has 1 spiro atoms. The molecule has 4 aliphatic rings. The number of carboxylic acids is 1. The highest BCUT2D eigenvalue weighted by Crippen LogP contribution is 2.52. The Hall–Kier alpha value is -1.36. The number of carbonyl (C=O) groups is 2. The monoisotopic (exact) mass is 262 g/mol. The van der Waals surface area contributed by atoms with E-state index in [-0.39, 0.29) is 11.9 Å². The number of carboxylic acid groups (broad SMARTS) is 1. The zero-order valence-electron chi connectivity index (χ0n) is 10.6. The number of ether oxygens (including phenoxy) is 1. The summed E-state index contributed by atoms with van der Waals surface area (Å²) >= 11 is 0. The average Bonchev–Trinajstić information content (AvgIpc) is 3.09. The zero-order valence-corrected chi connectivity index (χ0v) is 10.6. The third-order valence-electron chi connectivity index (χ3n) is 5.17. The first-order valence-electron chi connectivity index (χ1n) is 7.01. The van der Waals surface area contributed by atoms with Crippen molar-refractivity contribution in [2.75, 3.05) is 6.54 Å². The first-order chi connectivity index (χ1) is 9.12. The third-order valence-corrected chi connectivity index (χ3v) is 5.17. The summed E-state index contributed by atoms with van der Waals surface area (Å²) in [6.45, 7) is 0.512. The Bertz CT molecular complexity index is 482. The molecule has 2 bridgehead atoms. The number of amides is 1. The standard InChI is InChI=1S/C14H17NO4/c16-12-11-10(13(17)18)9-5-6-14(11,19-9)7-15(12)8-3-1-2-4-8/h5-6,8-11H,1-4,7H2,(H,17,18)/p-1/t9-,10+,11+,14-/m0/s1. The van der Waals surface area contributed by atoms with Crippen LogP contribution in [0.2, 0.25) is 0 Å². The summed E-state index contributed by atoms with van der Waals surface area (Å²) in [5.74, 6) is -2.60. The molecule has 4 rings (SSSR count). The Balaban J connectivity index is 1.69. The van der Waals surface area contributed by atoms with Gasteiger partial charge in [-0.3, -0.25) is 4.79 Å². The van der Waals surface area contributed by atoms with E-state index in [2.05, 4.69) is 0 Å². The minimum atomic E-state index is -1.16. The van der Waals surface area contributed by atoms with E-state index in [1.165, 1.54) is 0 Å². The summed E-state index contributed by atoms with van der Waals surface area (Å²) in [6, 6.07) is 0.269. The summed E-state index contributed by atoms with van der Waals surface area (Å²) < 4.78 is 5.82. The Kier molecular flexibility index (Phi) is 2.17. The largest absolute Gasteiger partial charge is 0.550 e. The minimum Gasteiger partial charge on any atom is -0.550 e. The highest BCUT2D eigenvalue weighted by atomic mass is 16.5. The number of hydrogen-bond donors (Lipinski definition) is 0. The average molecular weight is 262 g/mol. The van der Waals surface area contributed by atoms with Crippen LogP contribution in [0.3, 0.4) is 0 Å². The maximum Gasteiger partial charge on any atom is 0.230 e. The van der Waals surface area contributed by atoms with E-state index >= 15 is 0 Å². The van der Waals surface area contributed by atoms with Gasteiger partial charge in [-0.05, 0) is 12.8 Å². The van der Waals surface area contributed by atoms with Crippen molar-refractivity contribution in [3.8, 4) is 0 Å². The molecule has 4 atom stereocenters. The van der Waals surface area contributed by atoms with Crippen LogP contribution in [0.15, 0.2) is 12.2 Å². The predicted molar refractivity (Wildman–Crippen MR) is 62.7 cm³/mol. The Morgan fingerprint density at radius 1 is 1.42 bits per heavy atom. The maximum atomic E-state index is 12.6. The van der Waals surface area contributed by atoms with Crippen LogP contribution < -0.4 is 5.11 Å². The molecule has 5 nitrogen and oxygen atoms in total. The van der Waals surface area contributed by atoms with Gasteiger partial charge >= 0.3 is 0 Å².